The lowest BCUT2D eigenvalue weighted by Gasteiger charge is -2.29. The zero-order valence-corrected chi connectivity index (χ0v) is 16.0. The summed E-state index contributed by atoms with van der Waals surface area (Å²) in [6, 6.07) is 15.3. The van der Waals surface area contributed by atoms with Gasteiger partial charge in [-0.05, 0) is 42.7 Å². The third-order valence-electron chi connectivity index (χ3n) is 4.31. The molecule has 132 valence electrons. The van der Waals surface area contributed by atoms with Gasteiger partial charge in [0.1, 0.15) is 18.1 Å². The maximum Gasteiger partial charge on any atom is 0.137 e. The molecule has 0 spiro atoms. The van der Waals surface area contributed by atoms with Crippen molar-refractivity contribution in [2.24, 2.45) is 0 Å². The van der Waals surface area contributed by atoms with E-state index in [9.17, 15) is 5.26 Å². The van der Waals surface area contributed by atoms with E-state index in [1.54, 1.807) is 29.2 Å². The molecule has 4 nitrogen and oxygen atoms in total. The van der Waals surface area contributed by atoms with E-state index in [0.29, 0.717) is 40.0 Å². The first-order valence-corrected chi connectivity index (χ1v) is 9.10. The number of nitriles is 1. The Hall–Kier alpha value is -2.06. The van der Waals surface area contributed by atoms with E-state index in [-0.39, 0.29) is 0 Å². The van der Waals surface area contributed by atoms with Crippen molar-refractivity contribution in [1.29, 1.82) is 5.26 Å². The van der Waals surface area contributed by atoms with Gasteiger partial charge in [-0.15, -0.1) is 0 Å². The van der Waals surface area contributed by atoms with Gasteiger partial charge in [-0.25, -0.2) is 4.98 Å². The molecule has 3 rings (SSSR count). The molecular weight excluding hydrogens is 391 g/mol. The van der Waals surface area contributed by atoms with E-state index in [2.05, 4.69) is 16.2 Å². The molecule has 0 saturated heterocycles. The summed E-state index contributed by atoms with van der Waals surface area (Å²) >= 11 is 18.8. The fourth-order valence-corrected chi connectivity index (χ4v) is 3.87. The van der Waals surface area contributed by atoms with E-state index < -0.39 is 5.41 Å². The third kappa shape index (κ3) is 4.02. The summed E-state index contributed by atoms with van der Waals surface area (Å²) in [6.45, 7) is 0.306. The van der Waals surface area contributed by atoms with Crippen LogP contribution in [0.2, 0.25) is 15.1 Å². The largest absolute Gasteiger partial charge is 0.251 e. The highest BCUT2D eigenvalue weighted by atomic mass is 35.5. The second-order valence-electron chi connectivity index (χ2n) is 6.01. The molecular formula is C19H15Cl3N4. The average Bonchev–Trinajstić information content (AvgIpc) is 3.13. The van der Waals surface area contributed by atoms with E-state index in [0.717, 1.165) is 5.56 Å². The lowest BCUT2D eigenvalue weighted by atomic mass is 9.77. The highest BCUT2D eigenvalue weighted by molar-refractivity contribution is 6.36. The normalized spacial score (nSPS) is 13.2. The number of aryl methyl sites for hydroxylation is 1. The number of hydrogen-bond acceptors (Lipinski definition) is 3. The van der Waals surface area contributed by atoms with Crippen molar-refractivity contribution < 1.29 is 0 Å². The summed E-state index contributed by atoms with van der Waals surface area (Å²) in [5.41, 5.74) is 0.758. The molecule has 0 radical (unpaired) electrons. The maximum atomic E-state index is 10.1. The molecule has 0 N–H and O–H groups in total. The van der Waals surface area contributed by atoms with Gasteiger partial charge in [-0.3, -0.25) is 4.68 Å². The van der Waals surface area contributed by atoms with E-state index >= 15 is 0 Å². The number of rotatable bonds is 6. The van der Waals surface area contributed by atoms with Crippen molar-refractivity contribution in [2.45, 2.75) is 24.8 Å². The van der Waals surface area contributed by atoms with Gasteiger partial charge < -0.3 is 0 Å². The molecule has 0 bridgehead atoms. The third-order valence-corrected chi connectivity index (χ3v) is 5.19. The maximum absolute atomic E-state index is 10.1. The topological polar surface area (TPSA) is 54.5 Å². The fourth-order valence-electron chi connectivity index (χ4n) is 2.98. The zero-order chi connectivity index (χ0) is 18.6. The minimum atomic E-state index is -0.942. The van der Waals surface area contributed by atoms with Crippen LogP contribution in [-0.4, -0.2) is 14.8 Å². The molecule has 0 saturated carbocycles. The Kier molecular flexibility index (Phi) is 5.83. The van der Waals surface area contributed by atoms with E-state index in [4.69, 9.17) is 34.8 Å². The van der Waals surface area contributed by atoms with Crippen molar-refractivity contribution in [3.8, 4) is 6.07 Å². The van der Waals surface area contributed by atoms with Gasteiger partial charge in [0, 0.05) is 20.6 Å². The summed E-state index contributed by atoms with van der Waals surface area (Å²) in [5, 5.41) is 15.9. The van der Waals surface area contributed by atoms with E-state index in [1.165, 1.54) is 6.33 Å². The summed E-state index contributed by atoms with van der Waals surface area (Å²) in [5.74, 6) is 0. The Bertz CT molecular complexity index is 897. The van der Waals surface area contributed by atoms with Crippen LogP contribution in [0.5, 0.6) is 0 Å². The molecule has 26 heavy (non-hydrogen) atoms. The highest BCUT2D eigenvalue weighted by Crippen LogP contribution is 2.40. The first-order chi connectivity index (χ1) is 12.5. The van der Waals surface area contributed by atoms with Crippen LogP contribution in [0.4, 0.5) is 0 Å². The molecule has 0 aliphatic carbocycles. The molecule has 0 aliphatic heterocycles. The van der Waals surface area contributed by atoms with Gasteiger partial charge in [0.05, 0.1) is 12.6 Å². The highest BCUT2D eigenvalue weighted by Gasteiger charge is 2.37. The summed E-state index contributed by atoms with van der Waals surface area (Å²) < 4.78 is 1.63. The Labute approximate surface area is 166 Å². The SMILES string of the molecule is N#CC(CCc1ccc(Cl)cc1)(Cn1cncn1)c1c(Cl)cccc1Cl. The summed E-state index contributed by atoms with van der Waals surface area (Å²) in [6.07, 6.45) is 4.21. The Balaban J connectivity index is 2.00. The van der Waals surface area contributed by atoms with Gasteiger partial charge in [0.2, 0.25) is 0 Å². The molecule has 0 fully saturated rings. The predicted molar refractivity (Wildman–Crippen MR) is 104 cm³/mol. The zero-order valence-electron chi connectivity index (χ0n) is 13.7. The molecule has 3 aromatic rings. The van der Waals surface area contributed by atoms with Crippen LogP contribution in [0.25, 0.3) is 0 Å². The van der Waals surface area contributed by atoms with Gasteiger partial charge in [-0.2, -0.15) is 10.4 Å². The fraction of sp³-hybridized carbons (Fsp3) is 0.211. The quantitative estimate of drug-likeness (QED) is 0.557. The second-order valence-corrected chi connectivity index (χ2v) is 7.26. The Morgan fingerprint density at radius 1 is 1.04 bits per heavy atom. The van der Waals surface area contributed by atoms with Crippen LogP contribution in [-0.2, 0) is 18.4 Å². The number of benzene rings is 2. The number of hydrogen-bond donors (Lipinski definition) is 0. The first-order valence-electron chi connectivity index (χ1n) is 7.97. The monoisotopic (exact) mass is 404 g/mol. The Morgan fingerprint density at radius 3 is 2.31 bits per heavy atom. The molecule has 1 aromatic heterocycles. The summed E-state index contributed by atoms with van der Waals surface area (Å²) in [7, 11) is 0. The van der Waals surface area contributed by atoms with Gasteiger partial charge >= 0.3 is 0 Å². The van der Waals surface area contributed by atoms with Crippen LogP contribution in [0.3, 0.4) is 0 Å². The molecule has 1 heterocycles. The first kappa shape index (κ1) is 18.7. The van der Waals surface area contributed by atoms with Crippen molar-refractivity contribution in [2.75, 3.05) is 0 Å². The van der Waals surface area contributed by atoms with Gasteiger partial charge in [0.25, 0.3) is 0 Å². The number of halogens is 3. The summed E-state index contributed by atoms with van der Waals surface area (Å²) in [4.78, 5) is 3.97. The molecule has 1 atom stereocenters. The van der Waals surface area contributed by atoms with Crippen molar-refractivity contribution in [3.05, 3.63) is 81.3 Å². The number of aromatic nitrogens is 3. The minimum absolute atomic E-state index is 0.306. The number of nitrogens with zero attached hydrogens (tertiary/aromatic N) is 4. The van der Waals surface area contributed by atoms with Crippen molar-refractivity contribution in [1.82, 2.24) is 14.8 Å². The van der Waals surface area contributed by atoms with Crippen LogP contribution in [0, 0.1) is 11.3 Å². The second kappa shape index (κ2) is 8.09. The van der Waals surface area contributed by atoms with Crippen LogP contribution < -0.4 is 0 Å². The lowest BCUT2D eigenvalue weighted by molar-refractivity contribution is 0.402. The molecule has 0 aliphatic rings. The van der Waals surface area contributed by atoms with Gasteiger partial charge in [-0.1, -0.05) is 53.0 Å². The molecule has 1 unspecified atom stereocenters. The van der Waals surface area contributed by atoms with Gasteiger partial charge in [0.15, 0.2) is 0 Å². The van der Waals surface area contributed by atoms with Crippen molar-refractivity contribution in [3.63, 3.8) is 0 Å². The lowest BCUT2D eigenvalue weighted by Crippen LogP contribution is -2.32. The molecule has 0 amide bonds. The minimum Gasteiger partial charge on any atom is -0.251 e. The predicted octanol–water partition coefficient (Wildman–Crippen LogP) is 5.33. The smallest absolute Gasteiger partial charge is 0.137 e. The molecule has 2 aromatic carbocycles. The average molecular weight is 406 g/mol. The standard InChI is InChI=1S/C19H15Cl3N4/c20-15-6-4-14(5-7-15)8-9-19(10-23,11-26-13-24-12-25-26)18-16(21)2-1-3-17(18)22/h1-7,12-13H,8-9,11H2. The Morgan fingerprint density at radius 2 is 1.73 bits per heavy atom. The molecule has 7 heteroatoms. The van der Waals surface area contributed by atoms with Crippen LogP contribution in [0.15, 0.2) is 55.1 Å². The van der Waals surface area contributed by atoms with Crippen molar-refractivity contribution >= 4 is 34.8 Å². The van der Waals surface area contributed by atoms with Crippen LogP contribution in [0.1, 0.15) is 17.5 Å². The van der Waals surface area contributed by atoms with E-state index in [1.807, 2.05) is 24.3 Å². The van der Waals surface area contributed by atoms with Crippen LogP contribution >= 0.6 is 34.8 Å².